The van der Waals surface area contributed by atoms with E-state index < -0.39 is 0 Å². The molecule has 2 heterocycles. The Morgan fingerprint density at radius 1 is 0.967 bits per heavy atom. The minimum absolute atomic E-state index is 0.903. The van der Waals surface area contributed by atoms with E-state index in [9.17, 15) is 0 Å². The molecule has 4 nitrogen and oxygen atoms in total. The Morgan fingerprint density at radius 3 is 2.60 bits per heavy atom. The Morgan fingerprint density at radius 2 is 1.80 bits per heavy atom. The Labute approximate surface area is 178 Å². The van der Waals surface area contributed by atoms with Gasteiger partial charge in [0.1, 0.15) is 5.75 Å². The first-order valence-electron chi connectivity index (χ1n) is 11.1. The number of hydrogen-bond donors (Lipinski definition) is 1. The topological polar surface area (TPSA) is 29.4 Å². The molecule has 1 N–H and O–H groups in total. The fraction of sp³-hybridized carbons (Fsp3) is 0.385. The van der Waals surface area contributed by atoms with Gasteiger partial charge < -0.3 is 19.5 Å². The van der Waals surface area contributed by atoms with Crippen molar-refractivity contribution >= 4 is 38.3 Å². The highest BCUT2D eigenvalue weighted by Crippen LogP contribution is 2.38. The molecule has 1 saturated heterocycles. The van der Waals surface area contributed by atoms with Crippen LogP contribution in [-0.4, -0.2) is 42.8 Å². The summed E-state index contributed by atoms with van der Waals surface area (Å²) in [4.78, 5) is 2.58. The summed E-state index contributed by atoms with van der Waals surface area (Å²) in [5.41, 5.74) is 5.05. The van der Waals surface area contributed by atoms with E-state index in [1.54, 1.807) is 7.11 Å². The van der Waals surface area contributed by atoms with E-state index in [0.717, 1.165) is 18.8 Å². The second kappa shape index (κ2) is 7.84. The van der Waals surface area contributed by atoms with Gasteiger partial charge in [-0.25, -0.2) is 0 Å². The molecule has 4 aromatic rings. The summed E-state index contributed by atoms with van der Waals surface area (Å²) < 4.78 is 7.85. The van der Waals surface area contributed by atoms with Gasteiger partial charge in [-0.05, 0) is 85.6 Å². The van der Waals surface area contributed by atoms with Gasteiger partial charge in [0.05, 0.1) is 12.6 Å². The van der Waals surface area contributed by atoms with Crippen molar-refractivity contribution in [3.05, 3.63) is 48.0 Å². The molecule has 1 aliphatic heterocycles. The van der Waals surface area contributed by atoms with Gasteiger partial charge in [-0.3, -0.25) is 0 Å². The fourth-order valence-electron chi connectivity index (χ4n) is 5.14. The van der Waals surface area contributed by atoms with Crippen molar-refractivity contribution in [2.24, 2.45) is 7.05 Å². The number of piperidine rings is 1. The SMILES string of the molecule is COc1ccc2c(c1)c1c3cc(NCCN4CCCCC4)ccc3cc(C)c1n2C. The molecule has 5 rings (SSSR count). The number of nitrogens with one attached hydrogen (secondary N) is 1. The van der Waals surface area contributed by atoms with E-state index in [4.69, 9.17) is 4.74 Å². The van der Waals surface area contributed by atoms with Crippen molar-refractivity contribution in [3.8, 4) is 5.75 Å². The van der Waals surface area contributed by atoms with Crippen molar-refractivity contribution in [3.63, 3.8) is 0 Å². The molecule has 4 heteroatoms. The minimum atomic E-state index is 0.903. The molecule has 156 valence electrons. The monoisotopic (exact) mass is 401 g/mol. The third-order valence-corrected chi connectivity index (χ3v) is 6.68. The van der Waals surface area contributed by atoms with E-state index in [0.29, 0.717) is 0 Å². The molecule has 0 radical (unpaired) electrons. The van der Waals surface area contributed by atoms with Crippen LogP contribution in [0.15, 0.2) is 42.5 Å². The summed E-state index contributed by atoms with van der Waals surface area (Å²) in [5.74, 6) is 0.903. The van der Waals surface area contributed by atoms with Crippen molar-refractivity contribution in [1.29, 1.82) is 0 Å². The molecule has 0 bridgehead atoms. The van der Waals surface area contributed by atoms with Crippen molar-refractivity contribution in [1.82, 2.24) is 9.47 Å². The predicted octanol–water partition coefficient (Wildman–Crippen LogP) is 5.70. The molecular formula is C26H31N3O. The Hall–Kier alpha value is -2.72. The van der Waals surface area contributed by atoms with Gasteiger partial charge in [0.25, 0.3) is 0 Å². The Bertz CT molecular complexity index is 1220. The Balaban J connectivity index is 1.56. The largest absolute Gasteiger partial charge is 0.497 e. The number of likely N-dealkylation sites (tertiary alicyclic amines) is 1. The van der Waals surface area contributed by atoms with Crippen molar-refractivity contribution in [2.75, 3.05) is 38.6 Å². The smallest absolute Gasteiger partial charge is 0.119 e. The van der Waals surface area contributed by atoms with Crippen LogP contribution in [0.25, 0.3) is 32.6 Å². The van der Waals surface area contributed by atoms with Crippen molar-refractivity contribution < 1.29 is 4.74 Å². The van der Waals surface area contributed by atoms with Crippen LogP contribution < -0.4 is 10.1 Å². The molecular weight excluding hydrogens is 370 g/mol. The van der Waals surface area contributed by atoms with E-state index in [2.05, 4.69) is 65.2 Å². The lowest BCUT2D eigenvalue weighted by molar-refractivity contribution is 0.237. The highest BCUT2D eigenvalue weighted by molar-refractivity contribution is 6.22. The van der Waals surface area contributed by atoms with Gasteiger partial charge >= 0.3 is 0 Å². The zero-order valence-electron chi connectivity index (χ0n) is 18.3. The van der Waals surface area contributed by atoms with Crippen LogP contribution in [0.2, 0.25) is 0 Å². The molecule has 0 atom stereocenters. The van der Waals surface area contributed by atoms with Gasteiger partial charge in [0.15, 0.2) is 0 Å². The first-order valence-corrected chi connectivity index (χ1v) is 11.1. The molecule has 0 spiro atoms. The number of methoxy groups -OCH3 is 1. The quantitative estimate of drug-likeness (QED) is 0.465. The lowest BCUT2D eigenvalue weighted by Crippen LogP contribution is -2.33. The maximum atomic E-state index is 5.53. The summed E-state index contributed by atoms with van der Waals surface area (Å²) >= 11 is 0. The van der Waals surface area contributed by atoms with Crippen LogP contribution in [0.4, 0.5) is 5.69 Å². The van der Waals surface area contributed by atoms with Crippen LogP contribution in [-0.2, 0) is 7.05 Å². The summed E-state index contributed by atoms with van der Waals surface area (Å²) in [6, 6.07) is 15.5. The molecule has 1 fully saturated rings. The number of hydrogen-bond acceptors (Lipinski definition) is 3. The standard InChI is InChI=1S/C26H31N3O/c1-18-15-19-7-8-20(27-11-14-29-12-5-4-6-13-29)16-22(19)25-23-17-21(30-3)9-10-24(23)28(2)26(18)25/h7-10,15-17,27H,4-6,11-14H2,1-3H3. The van der Waals surface area contributed by atoms with Crippen molar-refractivity contribution in [2.45, 2.75) is 26.2 Å². The number of aryl methyl sites for hydroxylation is 2. The van der Waals surface area contributed by atoms with Gasteiger partial charge in [-0.2, -0.15) is 0 Å². The lowest BCUT2D eigenvalue weighted by Gasteiger charge is -2.26. The first-order chi connectivity index (χ1) is 14.7. The van der Waals surface area contributed by atoms with E-state index in [1.165, 1.54) is 76.2 Å². The molecule has 1 aliphatic rings. The van der Waals surface area contributed by atoms with Crippen LogP contribution in [0.3, 0.4) is 0 Å². The maximum Gasteiger partial charge on any atom is 0.119 e. The number of ether oxygens (including phenoxy) is 1. The summed E-state index contributed by atoms with van der Waals surface area (Å²) in [5, 5.41) is 8.84. The lowest BCUT2D eigenvalue weighted by atomic mass is 10.00. The van der Waals surface area contributed by atoms with Crippen LogP contribution in [0.5, 0.6) is 5.75 Å². The normalized spacial score (nSPS) is 15.3. The second-order valence-corrected chi connectivity index (χ2v) is 8.62. The molecule has 3 aromatic carbocycles. The number of benzene rings is 3. The minimum Gasteiger partial charge on any atom is -0.497 e. The molecule has 0 aliphatic carbocycles. The third kappa shape index (κ3) is 3.29. The zero-order chi connectivity index (χ0) is 20.7. The number of nitrogens with zero attached hydrogens (tertiary/aromatic N) is 2. The zero-order valence-corrected chi connectivity index (χ0v) is 18.3. The molecule has 0 amide bonds. The summed E-state index contributed by atoms with van der Waals surface area (Å²) in [6.07, 6.45) is 4.08. The average Bonchev–Trinajstić information content (AvgIpc) is 3.07. The van der Waals surface area contributed by atoms with E-state index in [1.807, 2.05) is 6.07 Å². The molecule has 1 aromatic heterocycles. The highest BCUT2D eigenvalue weighted by atomic mass is 16.5. The van der Waals surface area contributed by atoms with E-state index >= 15 is 0 Å². The fourth-order valence-corrected chi connectivity index (χ4v) is 5.14. The maximum absolute atomic E-state index is 5.53. The summed E-state index contributed by atoms with van der Waals surface area (Å²) in [7, 11) is 3.90. The van der Waals surface area contributed by atoms with Crippen LogP contribution in [0.1, 0.15) is 24.8 Å². The highest BCUT2D eigenvalue weighted by Gasteiger charge is 2.15. The number of anilines is 1. The molecule has 0 unspecified atom stereocenters. The van der Waals surface area contributed by atoms with Gasteiger partial charge in [0.2, 0.25) is 0 Å². The first kappa shape index (κ1) is 19.3. The Kier molecular flexibility index (Phi) is 5.03. The molecule has 0 saturated carbocycles. The van der Waals surface area contributed by atoms with Gasteiger partial charge in [-0.15, -0.1) is 0 Å². The second-order valence-electron chi connectivity index (χ2n) is 8.62. The predicted molar refractivity (Wildman–Crippen MR) is 128 cm³/mol. The van der Waals surface area contributed by atoms with Crippen LogP contribution >= 0.6 is 0 Å². The van der Waals surface area contributed by atoms with Gasteiger partial charge in [-0.1, -0.05) is 12.5 Å². The number of aromatic nitrogens is 1. The number of rotatable bonds is 5. The molecule has 30 heavy (non-hydrogen) atoms. The average molecular weight is 402 g/mol. The summed E-state index contributed by atoms with van der Waals surface area (Å²) in [6.45, 7) is 6.81. The van der Waals surface area contributed by atoms with Crippen LogP contribution in [0, 0.1) is 6.92 Å². The van der Waals surface area contributed by atoms with E-state index in [-0.39, 0.29) is 0 Å². The van der Waals surface area contributed by atoms with Gasteiger partial charge in [0, 0.05) is 42.1 Å². The number of fused-ring (bicyclic) bond motifs is 5. The third-order valence-electron chi connectivity index (χ3n) is 6.68.